The second-order valence-corrected chi connectivity index (χ2v) is 15.1. The van der Waals surface area contributed by atoms with Crippen LogP contribution in [0.25, 0.3) is 0 Å². The van der Waals surface area contributed by atoms with Crippen molar-refractivity contribution in [2.75, 3.05) is 13.2 Å². The van der Waals surface area contributed by atoms with Gasteiger partial charge in [0.2, 0.25) is 5.91 Å². The van der Waals surface area contributed by atoms with Crippen molar-refractivity contribution < 1.29 is 57.0 Å². The number of hydrogen-bond acceptors (Lipinski definition) is 11. The van der Waals surface area contributed by atoms with Crippen LogP contribution in [0.2, 0.25) is 0 Å². The molecule has 0 radical (unpaired) electrons. The quantitative estimate of drug-likeness (QED) is 0.0268. The van der Waals surface area contributed by atoms with E-state index in [-0.39, 0.29) is 6.42 Å². The first-order valence-electron chi connectivity index (χ1n) is 19.8. The predicted octanol–water partition coefficient (Wildman–Crippen LogP) is 5.18. The average Bonchev–Trinajstić information content (AvgIpc) is 3.11. The second-order valence-electron chi connectivity index (χ2n) is 14.0. The normalized spacial score (nSPS) is 23.0. The highest BCUT2D eigenvalue weighted by Crippen LogP contribution is 2.26. The Labute approximate surface area is 313 Å². The lowest BCUT2D eigenvalue weighted by molar-refractivity contribution is -0.298. The number of aliphatic hydroxyl groups excluding tert-OH is 5. The maximum Gasteiger partial charge on any atom is 0.397 e. The molecule has 1 fully saturated rings. The first-order valence-corrected chi connectivity index (χ1v) is 21.2. The van der Waals surface area contributed by atoms with Crippen molar-refractivity contribution in [2.24, 2.45) is 0 Å². The average molecular weight is 766 g/mol. The van der Waals surface area contributed by atoms with E-state index in [0.717, 1.165) is 64.2 Å². The van der Waals surface area contributed by atoms with Gasteiger partial charge in [-0.05, 0) is 38.5 Å². The van der Waals surface area contributed by atoms with Crippen LogP contribution in [-0.4, -0.2) is 107 Å². The summed E-state index contributed by atoms with van der Waals surface area (Å²) in [7, 11) is -5.10. The third-order valence-corrected chi connectivity index (χ3v) is 9.86. The van der Waals surface area contributed by atoms with Crippen LogP contribution in [0.15, 0.2) is 24.3 Å². The molecule has 0 bridgehead atoms. The summed E-state index contributed by atoms with van der Waals surface area (Å²) in [6.45, 7) is 3.17. The van der Waals surface area contributed by atoms with Gasteiger partial charge in [-0.1, -0.05) is 134 Å². The van der Waals surface area contributed by atoms with Gasteiger partial charge in [0.1, 0.15) is 30.5 Å². The molecule has 7 N–H and O–H groups in total. The Hall–Kier alpha value is -1.46. The summed E-state index contributed by atoms with van der Waals surface area (Å²) >= 11 is 0. The molecule has 0 aromatic carbocycles. The molecule has 1 saturated heterocycles. The Morgan fingerprint density at radius 2 is 1.27 bits per heavy atom. The predicted molar refractivity (Wildman–Crippen MR) is 201 cm³/mol. The molecule has 1 aliphatic rings. The van der Waals surface area contributed by atoms with Crippen molar-refractivity contribution in [2.45, 2.75) is 198 Å². The standard InChI is InChI=1S/C38H71NO12S/c1-3-5-7-9-11-13-14-15-16-17-19-21-23-25-27-32(42)37(45)39-30(31(41)26-24-22-20-18-12-10-8-6-4-2)29-49-38-35(44)36(51-52(46,47)48)34(43)33(28-40)50-38/h11,13-15,30-36,38,40-44H,3-10,12,16-29H2,1-2H3,(H,39,45)(H,46,47,48)/b13-11-,15-14-. The number of unbranched alkanes of at least 4 members (excludes halogenated alkanes) is 16. The number of nitrogens with one attached hydrogen (secondary N) is 1. The van der Waals surface area contributed by atoms with Crippen molar-refractivity contribution in [1.29, 1.82) is 0 Å². The molecule has 13 nitrogen and oxygen atoms in total. The first kappa shape index (κ1) is 48.6. The van der Waals surface area contributed by atoms with Crippen molar-refractivity contribution in [1.82, 2.24) is 5.32 Å². The number of ether oxygens (including phenoxy) is 2. The Kier molecular flexibility index (Phi) is 27.9. The van der Waals surface area contributed by atoms with E-state index in [1.165, 1.54) is 44.9 Å². The summed E-state index contributed by atoms with van der Waals surface area (Å²) < 4.78 is 47.3. The van der Waals surface area contributed by atoms with Crippen LogP contribution in [0.3, 0.4) is 0 Å². The molecule has 0 spiro atoms. The van der Waals surface area contributed by atoms with E-state index in [1.54, 1.807) is 0 Å². The van der Waals surface area contributed by atoms with Gasteiger partial charge in [0.25, 0.3) is 0 Å². The number of rotatable bonds is 32. The fraction of sp³-hybridized carbons (Fsp3) is 0.868. The first-order chi connectivity index (χ1) is 24.9. The Balaban J connectivity index is 2.65. The zero-order valence-corrected chi connectivity index (χ0v) is 32.5. The topological polar surface area (TPSA) is 212 Å². The number of aliphatic hydroxyl groups is 5. The Bertz CT molecular complexity index is 1060. The SMILES string of the molecule is CCCCC/C=C\C=C/CCCCCCCC(O)C(=O)NC(COC1OC(CO)C(O)C(OS(=O)(=O)O)C1O)C(O)CCCCCCCCCCC. The van der Waals surface area contributed by atoms with Gasteiger partial charge in [-0.2, -0.15) is 8.42 Å². The highest BCUT2D eigenvalue weighted by atomic mass is 32.3. The van der Waals surface area contributed by atoms with Crippen molar-refractivity contribution in [3.8, 4) is 0 Å². The highest BCUT2D eigenvalue weighted by Gasteiger charge is 2.48. The molecule has 0 aliphatic carbocycles. The molecule has 8 unspecified atom stereocenters. The van der Waals surface area contributed by atoms with Crippen LogP contribution >= 0.6 is 0 Å². The number of hydrogen-bond donors (Lipinski definition) is 7. The van der Waals surface area contributed by atoms with Crippen LogP contribution in [-0.2, 0) is 28.9 Å². The number of carbonyl (C=O) groups excluding carboxylic acids is 1. The Morgan fingerprint density at radius 1 is 0.769 bits per heavy atom. The van der Waals surface area contributed by atoms with E-state index in [1.807, 2.05) is 0 Å². The van der Waals surface area contributed by atoms with Crippen LogP contribution < -0.4 is 5.32 Å². The van der Waals surface area contributed by atoms with Crippen molar-refractivity contribution in [3.05, 3.63) is 24.3 Å². The smallest absolute Gasteiger partial charge is 0.394 e. The summed E-state index contributed by atoms with van der Waals surface area (Å²) in [5, 5.41) is 54.9. The molecule has 1 heterocycles. The molecular weight excluding hydrogens is 694 g/mol. The monoisotopic (exact) mass is 765 g/mol. The lowest BCUT2D eigenvalue weighted by Gasteiger charge is -2.41. The molecule has 0 saturated carbocycles. The minimum Gasteiger partial charge on any atom is -0.394 e. The van der Waals surface area contributed by atoms with E-state index in [9.17, 15) is 38.7 Å². The summed E-state index contributed by atoms with van der Waals surface area (Å²) in [4.78, 5) is 13.0. The van der Waals surface area contributed by atoms with Crippen LogP contribution in [0.5, 0.6) is 0 Å². The molecule has 1 rings (SSSR count). The second kappa shape index (κ2) is 29.8. The molecule has 0 aromatic rings. The molecular formula is C38H71NO12S. The van der Waals surface area contributed by atoms with Gasteiger partial charge in [-0.25, -0.2) is 4.18 Å². The summed E-state index contributed by atoms with van der Waals surface area (Å²) in [6, 6.07) is -1.04. The van der Waals surface area contributed by atoms with Gasteiger partial charge in [0.05, 0.1) is 25.4 Å². The largest absolute Gasteiger partial charge is 0.397 e. The third kappa shape index (κ3) is 22.7. The fourth-order valence-corrected chi connectivity index (χ4v) is 6.67. The molecule has 306 valence electrons. The summed E-state index contributed by atoms with van der Waals surface area (Å²) in [5.74, 6) is -0.686. The van der Waals surface area contributed by atoms with Gasteiger partial charge >= 0.3 is 10.4 Å². The molecule has 14 heteroatoms. The maximum atomic E-state index is 13.0. The van der Waals surface area contributed by atoms with E-state index in [2.05, 4.69) is 47.7 Å². The highest BCUT2D eigenvalue weighted by molar-refractivity contribution is 7.80. The van der Waals surface area contributed by atoms with Crippen LogP contribution in [0, 0.1) is 0 Å². The molecule has 52 heavy (non-hydrogen) atoms. The summed E-state index contributed by atoms with van der Waals surface area (Å²) in [6.07, 6.45) is 18.2. The van der Waals surface area contributed by atoms with Gasteiger partial charge in [-0.3, -0.25) is 9.35 Å². The van der Waals surface area contributed by atoms with E-state index in [4.69, 9.17) is 14.0 Å². The van der Waals surface area contributed by atoms with E-state index < -0.39 is 78.5 Å². The number of amides is 1. The maximum absolute atomic E-state index is 13.0. The van der Waals surface area contributed by atoms with Gasteiger partial charge in [0, 0.05) is 0 Å². The van der Waals surface area contributed by atoms with Gasteiger partial charge in [-0.15, -0.1) is 0 Å². The Morgan fingerprint density at radius 3 is 1.83 bits per heavy atom. The van der Waals surface area contributed by atoms with Gasteiger partial charge in [0.15, 0.2) is 6.29 Å². The zero-order chi connectivity index (χ0) is 38.6. The van der Waals surface area contributed by atoms with Crippen molar-refractivity contribution >= 4 is 16.3 Å². The van der Waals surface area contributed by atoms with Crippen LogP contribution in [0.4, 0.5) is 0 Å². The van der Waals surface area contributed by atoms with E-state index in [0.29, 0.717) is 19.3 Å². The lowest BCUT2D eigenvalue weighted by Crippen LogP contribution is -2.61. The van der Waals surface area contributed by atoms with Crippen molar-refractivity contribution in [3.63, 3.8) is 0 Å². The molecule has 8 atom stereocenters. The molecule has 1 aliphatic heterocycles. The number of allylic oxidation sites excluding steroid dienone is 4. The zero-order valence-electron chi connectivity index (χ0n) is 31.7. The fourth-order valence-electron chi connectivity index (χ4n) is 6.16. The molecule has 0 aromatic heterocycles. The van der Waals surface area contributed by atoms with Gasteiger partial charge < -0.3 is 40.3 Å². The lowest BCUT2D eigenvalue weighted by atomic mass is 9.99. The minimum absolute atomic E-state index is 0.242. The van der Waals surface area contributed by atoms with E-state index >= 15 is 0 Å². The third-order valence-electron chi connectivity index (χ3n) is 9.40. The summed E-state index contributed by atoms with van der Waals surface area (Å²) in [5.41, 5.74) is 0. The van der Waals surface area contributed by atoms with Crippen LogP contribution in [0.1, 0.15) is 149 Å². The minimum atomic E-state index is -5.10. The molecule has 1 amide bonds. The number of carbonyl (C=O) groups is 1.